The van der Waals surface area contributed by atoms with E-state index in [1.165, 1.54) is 5.56 Å². The Bertz CT molecular complexity index is 241. The van der Waals surface area contributed by atoms with E-state index in [0.717, 1.165) is 5.56 Å². The molecular weight excluding hydrogens is 162 g/mol. The first kappa shape index (κ1) is 10.2. The molecule has 2 N–H and O–H groups in total. The third kappa shape index (κ3) is 3.57. The first-order valence-electron chi connectivity index (χ1n) is 4.62. The molecule has 0 amide bonds. The lowest BCUT2D eigenvalue weighted by molar-refractivity contribution is 0.0657. The summed E-state index contributed by atoms with van der Waals surface area (Å²) in [4.78, 5) is 0. The predicted molar refractivity (Wildman–Crippen MR) is 54.3 cm³/mol. The van der Waals surface area contributed by atoms with E-state index in [4.69, 9.17) is 10.5 Å². The average Bonchev–Trinajstić information content (AvgIpc) is 2.15. The van der Waals surface area contributed by atoms with Crippen LogP contribution in [-0.4, -0.2) is 6.10 Å². The van der Waals surface area contributed by atoms with Crippen molar-refractivity contribution in [3.63, 3.8) is 0 Å². The van der Waals surface area contributed by atoms with E-state index in [1.807, 2.05) is 26.0 Å². The molecule has 72 valence electrons. The molecule has 1 aromatic rings. The van der Waals surface area contributed by atoms with Crippen LogP contribution in [0.15, 0.2) is 24.3 Å². The summed E-state index contributed by atoms with van der Waals surface area (Å²) in [6.07, 6.45) is 0.286. The summed E-state index contributed by atoms with van der Waals surface area (Å²) >= 11 is 0. The van der Waals surface area contributed by atoms with Gasteiger partial charge >= 0.3 is 0 Å². The van der Waals surface area contributed by atoms with Crippen molar-refractivity contribution in [2.75, 3.05) is 0 Å². The van der Waals surface area contributed by atoms with Gasteiger partial charge in [-0.15, -0.1) is 0 Å². The quantitative estimate of drug-likeness (QED) is 0.768. The molecule has 0 radical (unpaired) electrons. The molecule has 0 heterocycles. The van der Waals surface area contributed by atoms with Crippen molar-refractivity contribution in [1.82, 2.24) is 0 Å². The third-order valence-corrected chi connectivity index (χ3v) is 1.84. The molecule has 0 aliphatic heterocycles. The van der Waals surface area contributed by atoms with Gasteiger partial charge in [0.1, 0.15) is 0 Å². The van der Waals surface area contributed by atoms with E-state index in [0.29, 0.717) is 13.2 Å². The van der Waals surface area contributed by atoms with Crippen molar-refractivity contribution in [3.8, 4) is 0 Å². The highest BCUT2D eigenvalue weighted by Gasteiger charge is 1.96. The van der Waals surface area contributed by atoms with Crippen LogP contribution in [0.1, 0.15) is 25.0 Å². The van der Waals surface area contributed by atoms with Crippen LogP contribution < -0.4 is 5.73 Å². The van der Waals surface area contributed by atoms with Crippen LogP contribution in [0.4, 0.5) is 0 Å². The molecule has 0 saturated heterocycles. The fourth-order valence-corrected chi connectivity index (χ4v) is 1.03. The fraction of sp³-hybridized carbons (Fsp3) is 0.455. The van der Waals surface area contributed by atoms with Gasteiger partial charge in [-0.25, -0.2) is 0 Å². The average molecular weight is 179 g/mol. The largest absolute Gasteiger partial charge is 0.374 e. The number of hydrogen-bond acceptors (Lipinski definition) is 2. The van der Waals surface area contributed by atoms with Crippen molar-refractivity contribution in [1.29, 1.82) is 0 Å². The van der Waals surface area contributed by atoms with Gasteiger partial charge in [0.05, 0.1) is 12.7 Å². The lowest BCUT2D eigenvalue weighted by atomic mass is 10.1. The molecule has 0 fully saturated rings. The zero-order chi connectivity index (χ0) is 9.68. The van der Waals surface area contributed by atoms with E-state index in [2.05, 4.69) is 12.1 Å². The van der Waals surface area contributed by atoms with Crippen molar-refractivity contribution >= 4 is 0 Å². The minimum Gasteiger partial charge on any atom is -0.374 e. The second-order valence-electron chi connectivity index (χ2n) is 3.38. The van der Waals surface area contributed by atoms with E-state index >= 15 is 0 Å². The van der Waals surface area contributed by atoms with Crippen LogP contribution in [0.2, 0.25) is 0 Å². The van der Waals surface area contributed by atoms with Gasteiger partial charge in [0, 0.05) is 6.54 Å². The van der Waals surface area contributed by atoms with Crippen molar-refractivity contribution in [2.45, 2.75) is 33.1 Å². The second-order valence-corrected chi connectivity index (χ2v) is 3.38. The summed E-state index contributed by atoms with van der Waals surface area (Å²) in [7, 11) is 0. The van der Waals surface area contributed by atoms with Crippen molar-refractivity contribution in [3.05, 3.63) is 35.4 Å². The van der Waals surface area contributed by atoms with Gasteiger partial charge in [-0.05, 0) is 25.0 Å². The predicted octanol–water partition coefficient (Wildman–Crippen LogP) is 2.07. The number of benzene rings is 1. The maximum atomic E-state index is 5.49. The van der Waals surface area contributed by atoms with Crippen LogP contribution in [-0.2, 0) is 17.9 Å². The highest BCUT2D eigenvalue weighted by molar-refractivity contribution is 5.21. The maximum absolute atomic E-state index is 5.49. The summed E-state index contributed by atoms with van der Waals surface area (Å²) in [6.45, 7) is 5.36. The summed E-state index contributed by atoms with van der Waals surface area (Å²) in [6, 6.07) is 8.20. The first-order valence-corrected chi connectivity index (χ1v) is 4.62. The molecule has 0 aliphatic rings. The molecule has 2 nitrogen and oxygen atoms in total. The van der Waals surface area contributed by atoms with Gasteiger partial charge in [-0.2, -0.15) is 0 Å². The molecule has 0 atom stereocenters. The van der Waals surface area contributed by atoms with Crippen LogP contribution in [0, 0.1) is 0 Å². The Morgan fingerprint density at radius 2 is 1.69 bits per heavy atom. The molecule has 0 aromatic heterocycles. The summed E-state index contributed by atoms with van der Waals surface area (Å²) in [5.41, 5.74) is 7.85. The standard InChI is InChI=1S/C11H17NO/c1-9(2)13-8-11-5-3-10(7-12)4-6-11/h3-6,9H,7-8,12H2,1-2H3. The van der Waals surface area contributed by atoms with E-state index in [1.54, 1.807) is 0 Å². The molecule has 0 saturated carbocycles. The topological polar surface area (TPSA) is 35.2 Å². The normalized spacial score (nSPS) is 10.8. The van der Waals surface area contributed by atoms with Gasteiger partial charge in [0.2, 0.25) is 0 Å². The van der Waals surface area contributed by atoms with Crippen LogP contribution in [0.25, 0.3) is 0 Å². The van der Waals surface area contributed by atoms with Gasteiger partial charge < -0.3 is 10.5 Å². The number of nitrogens with two attached hydrogens (primary N) is 1. The zero-order valence-corrected chi connectivity index (χ0v) is 8.29. The molecule has 0 bridgehead atoms. The van der Waals surface area contributed by atoms with Gasteiger partial charge in [0.15, 0.2) is 0 Å². The Kier molecular flexibility index (Phi) is 3.93. The van der Waals surface area contributed by atoms with E-state index in [9.17, 15) is 0 Å². The van der Waals surface area contributed by atoms with Gasteiger partial charge in [-0.3, -0.25) is 0 Å². The Morgan fingerprint density at radius 1 is 1.15 bits per heavy atom. The van der Waals surface area contributed by atoms with Crippen LogP contribution in [0.3, 0.4) is 0 Å². The Balaban J connectivity index is 2.49. The first-order chi connectivity index (χ1) is 6.22. The molecular formula is C11H17NO. The maximum Gasteiger partial charge on any atom is 0.0720 e. The fourth-order valence-electron chi connectivity index (χ4n) is 1.03. The summed E-state index contributed by atoms with van der Waals surface area (Å²) < 4.78 is 5.47. The Morgan fingerprint density at radius 3 is 2.15 bits per heavy atom. The monoisotopic (exact) mass is 179 g/mol. The number of hydrogen-bond donors (Lipinski definition) is 1. The lowest BCUT2D eigenvalue weighted by Gasteiger charge is -2.07. The summed E-state index contributed by atoms with van der Waals surface area (Å²) in [5, 5.41) is 0. The molecule has 0 unspecified atom stereocenters. The van der Waals surface area contributed by atoms with Crippen LogP contribution in [0.5, 0.6) is 0 Å². The van der Waals surface area contributed by atoms with Crippen LogP contribution >= 0.6 is 0 Å². The molecule has 1 aromatic carbocycles. The molecule has 0 spiro atoms. The zero-order valence-electron chi connectivity index (χ0n) is 8.29. The number of ether oxygens (including phenoxy) is 1. The third-order valence-electron chi connectivity index (χ3n) is 1.84. The number of rotatable bonds is 4. The summed E-state index contributed by atoms with van der Waals surface area (Å²) in [5.74, 6) is 0. The Labute approximate surface area is 79.7 Å². The molecule has 1 rings (SSSR count). The smallest absolute Gasteiger partial charge is 0.0720 e. The van der Waals surface area contributed by atoms with E-state index in [-0.39, 0.29) is 6.10 Å². The molecule has 2 heteroatoms. The minimum absolute atomic E-state index is 0.286. The SMILES string of the molecule is CC(C)OCc1ccc(CN)cc1. The molecule has 13 heavy (non-hydrogen) atoms. The minimum atomic E-state index is 0.286. The second kappa shape index (κ2) is 5.00. The van der Waals surface area contributed by atoms with Gasteiger partial charge in [0.25, 0.3) is 0 Å². The van der Waals surface area contributed by atoms with E-state index < -0.39 is 0 Å². The highest BCUT2D eigenvalue weighted by atomic mass is 16.5. The van der Waals surface area contributed by atoms with Gasteiger partial charge in [-0.1, -0.05) is 24.3 Å². The molecule has 0 aliphatic carbocycles. The highest BCUT2D eigenvalue weighted by Crippen LogP contribution is 2.06. The van der Waals surface area contributed by atoms with Crippen molar-refractivity contribution in [2.24, 2.45) is 5.73 Å². The Hall–Kier alpha value is -0.860. The van der Waals surface area contributed by atoms with Crippen molar-refractivity contribution < 1.29 is 4.74 Å². The lowest BCUT2D eigenvalue weighted by Crippen LogP contribution is -2.02.